The SMILES string of the molecule is CC(=O)N[C@H]1[C@H](O[C@@H]([C@H](O)[C@H](O)CO)[C@@H](O)CO)O[C@H](CO)[C@@H](O[C@@H]2O[C@H](CO)[C@H](O)[C@H](O)[C@H]2O[C@@H]2O[C@@H](C)[C@@H](O)[C@@H](O)[C@@H]2O)[C@@H]1O[C@@H]1O[C@@H](C)[C@@H](O)[C@@H](O)[C@@H]1O. The smallest absolute Gasteiger partial charge is 0.217 e. The summed E-state index contributed by atoms with van der Waals surface area (Å²) in [5, 5.41) is 159. The van der Waals surface area contributed by atoms with Gasteiger partial charge in [0.1, 0.15) is 110 Å². The number of hydrogen-bond donors (Lipinski definition) is 16. The van der Waals surface area contributed by atoms with Gasteiger partial charge in [-0.3, -0.25) is 4.79 Å². The number of rotatable bonds is 16. The number of carbonyl (C=O) groups excluding carboxylic acids is 1. The number of aliphatic hydroxyl groups excluding tert-OH is 15. The molecule has 0 bridgehead atoms. The maximum Gasteiger partial charge on any atom is 0.217 e. The van der Waals surface area contributed by atoms with E-state index in [1.165, 1.54) is 13.8 Å². The lowest BCUT2D eigenvalue weighted by Crippen LogP contribution is -2.71. The summed E-state index contributed by atoms with van der Waals surface area (Å²) >= 11 is 0. The van der Waals surface area contributed by atoms with E-state index in [0.29, 0.717) is 0 Å². The van der Waals surface area contributed by atoms with Crippen molar-refractivity contribution in [2.24, 2.45) is 0 Å². The fourth-order valence-electron chi connectivity index (χ4n) is 6.89. The van der Waals surface area contributed by atoms with E-state index in [-0.39, 0.29) is 0 Å². The first-order valence-electron chi connectivity index (χ1n) is 18.2. The molecule has 4 fully saturated rings. The Morgan fingerprint density at radius 3 is 1.51 bits per heavy atom. The van der Waals surface area contributed by atoms with Crippen molar-refractivity contribution in [3.8, 4) is 0 Å². The molecule has 0 spiro atoms. The third-order valence-electron chi connectivity index (χ3n) is 10.3. The predicted molar refractivity (Wildman–Crippen MR) is 178 cm³/mol. The molecule has 4 heterocycles. The highest BCUT2D eigenvalue weighted by Crippen LogP contribution is 2.36. The van der Waals surface area contributed by atoms with E-state index in [2.05, 4.69) is 5.32 Å². The lowest BCUT2D eigenvalue weighted by Gasteiger charge is -2.51. The van der Waals surface area contributed by atoms with Gasteiger partial charge in [0.25, 0.3) is 0 Å². The minimum Gasteiger partial charge on any atom is -0.394 e. The molecular formula is C32H57NO24. The van der Waals surface area contributed by atoms with Crippen molar-refractivity contribution >= 4 is 5.91 Å². The van der Waals surface area contributed by atoms with Crippen LogP contribution in [-0.4, -0.2) is 256 Å². The Morgan fingerprint density at radius 2 is 1.04 bits per heavy atom. The molecule has 16 N–H and O–H groups in total. The molecular weight excluding hydrogens is 782 g/mol. The van der Waals surface area contributed by atoms with Crippen LogP contribution in [0.5, 0.6) is 0 Å². The second-order valence-corrected chi connectivity index (χ2v) is 14.4. The molecule has 0 saturated carbocycles. The maximum atomic E-state index is 12.7. The van der Waals surface area contributed by atoms with Crippen molar-refractivity contribution in [2.75, 3.05) is 26.4 Å². The normalized spacial score (nSPS) is 46.5. The topological polar surface area (TPSA) is 406 Å². The van der Waals surface area contributed by atoms with E-state index in [0.717, 1.165) is 6.92 Å². The monoisotopic (exact) mass is 839 g/mol. The van der Waals surface area contributed by atoms with E-state index in [9.17, 15) is 81.4 Å². The summed E-state index contributed by atoms with van der Waals surface area (Å²) in [6, 6.07) is -1.76. The van der Waals surface area contributed by atoms with Crippen LogP contribution in [0.15, 0.2) is 0 Å². The van der Waals surface area contributed by atoms with Crippen LogP contribution in [-0.2, 0) is 42.7 Å². The average Bonchev–Trinajstić information content (AvgIpc) is 3.19. The molecule has 0 aromatic heterocycles. The molecule has 0 unspecified atom stereocenters. The minimum atomic E-state index is -2.13. The molecule has 4 saturated heterocycles. The van der Waals surface area contributed by atoms with Gasteiger partial charge in [0.2, 0.25) is 5.91 Å². The van der Waals surface area contributed by atoms with Crippen molar-refractivity contribution < 1.29 is 119 Å². The van der Waals surface area contributed by atoms with E-state index in [4.69, 9.17) is 37.9 Å². The van der Waals surface area contributed by atoms with Crippen molar-refractivity contribution in [3.05, 3.63) is 0 Å². The van der Waals surface area contributed by atoms with Crippen LogP contribution in [0.4, 0.5) is 0 Å². The van der Waals surface area contributed by atoms with E-state index in [1.807, 2.05) is 0 Å². The predicted octanol–water partition coefficient (Wildman–Crippen LogP) is -10.1. The van der Waals surface area contributed by atoms with E-state index >= 15 is 0 Å². The van der Waals surface area contributed by atoms with Gasteiger partial charge in [-0.25, -0.2) is 0 Å². The molecule has 25 heteroatoms. The highest BCUT2D eigenvalue weighted by molar-refractivity contribution is 5.73. The van der Waals surface area contributed by atoms with Crippen molar-refractivity contribution in [1.82, 2.24) is 5.32 Å². The largest absolute Gasteiger partial charge is 0.394 e. The molecule has 4 rings (SSSR count). The molecule has 0 aromatic carbocycles. The summed E-state index contributed by atoms with van der Waals surface area (Å²) in [7, 11) is 0. The van der Waals surface area contributed by atoms with Crippen molar-refractivity contribution in [1.29, 1.82) is 0 Å². The van der Waals surface area contributed by atoms with Gasteiger partial charge < -0.3 is 120 Å². The summed E-state index contributed by atoms with van der Waals surface area (Å²) < 4.78 is 46.6. The standard InChI is InChI=1S/C32H57NO24/c1-8-16(41)20(45)23(48)30(50-8)56-27-15(33-10(3)38)29(54-25(12(40)5-35)18(43)11(39)4-34)53-14(7-37)26(27)55-32-28(22(47)19(44)13(6-36)52-32)57-31-24(49)21(46)17(42)9(2)51-31/h8-9,11-32,34-37,39-49H,4-7H2,1-3H3,(H,33,38)/t8-,9-,11+,12-,13+,14+,15+,16+,17+,18+,19-,20+,21+,22-,23-,24-,25+,26+,27+,28+,29-,30-,31-,32-/m0/s1. The van der Waals surface area contributed by atoms with Gasteiger partial charge in [-0.15, -0.1) is 0 Å². The molecule has 24 atom stereocenters. The van der Waals surface area contributed by atoms with Gasteiger partial charge >= 0.3 is 0 Å². The average molecular weight is 840 g/mol. The first-order chi connectivity index (χ1) is 26.8. The third-order valence-corrected chi connectivity index (χ3v) is 10.3. The van der Waals surface area contributed by atoms with Crippen molar-refractivity contribution in [3.63, 3.8) is 0 Å². The number of aliphatic hydroxyl groups is 15. The van der Waals surface area contributed by atoms with Crippen molar-refractivity contribution in [2.45, 2.75) is 168 Å². The third kappa shape index (κ3) is 10.7. The van der Waals surface area contributed by atoms with Crippen LogP contribution < -0.4 is 5.32 Å². The summed E-state index contributed by atoms with van der Waals surface area (Å²) in [6.45, 7) is -0.450. The van der Waals surface area contributed by atoms with Gasteiger partial charge in [-0.05, 0) is 13.8 Å². The van der Waals surface area contributed by atoms with Crippen LogP contribution in [0, 0.1) is 0 Å². The van der Waals surface area contributed by atoms with E-state index < -0.39 is 180 Å². The summed E-state index contributed by atoms with van der Waals surface area (Å²) in [4.78, 5) is 12.7. The van der Waals surface area contributed by atoms with Crippen LogP contribution in [0.25, 0.3) is 0 Å². The molecule has 334 valence electrons. The molecule has 25 nitrogen and oxygen atoms in total. The van der Waals surface area contributed by atoms with Crippen LogP contribution in [0.3, 0.4) is 0 Å². The Hall–Kier alpha value is -1.45. The molecule has 57 heavy (non-hydrogen) atoms. The minimum absolute atomic E-state index is 0.844. The summed E-state index contributed by atoms with van der Waals surface area (Å²) in [5.74, 6) is -0.844. The lowest BCUT2D eigenvalue weighted by atomic mass is 9.94. The first kappa shape index (κ1) is 48.2. The van der Waals surface area contributed by atoms with Crippen LogP contribution in [0.1, 0.15) is 20.8 Å². The number of hydrogen-bond acceptors (Lipinski definition) is 24. The van der Waals surface area contributed by atoms with Crippen LogP contribution in [0.2, 0.25) is 0 Å². The molecule has 1 amide bonds. The molecule has 4 aliphatic heterocycles. The zero-order valence-corrected chi connectivity index (χ0v) is 31.1. The Kier molecular flexibility index (Phi) is 17.7. The fourth-order valence-corrected chi connectivity index (χ4v) is 6.89. The van der Waals surface area contributed by atoms with Crippen LogP contribution >= 0.6 is 0 Å². The van der Waals surface area contributed by atoms with Gasteiger partial charge in [-0.1, -0.05) is 0 Å². The second kappa shape index (κ2) is 20.9. The van der Waals surface area contributed by atoms with Gasteiger partial charge in [0.05, 0.1) is 38.6 Å². The number of amides is 1. The quantitative estimate of drug-likeness (QED) is 0.0686. The fraction of sp³-hybridized carbons (Fsp3) is 0.969. The number of carbonyl (C=O) groups is 1. The zero-order chi connectivity index (χ0) is 42.6. The number of nitrogens with one attached hydrogen (secondary N) is 1. The lowest BCUT2D eigenvalue weighted by molar-refractivity contribution is -0.395. The molecule has 0 aromatic rings. The Morgan fingerprint density at radius 1 is 0.561 bits per heavy atom. The molecule has 0 aliphatic carbocycles. The number of ether oxygens (including phenoxy) is 8. The Labute approximate surface area is 325 Å². The molecule has 0 radical (unpaired) electrons. The zero-order valence-electron chi connectivity index (χ0n) is 31.1. The van der Waals surface area contributed by atoms with E-state index in [1.54, 1.807) is 0 Å². The molecule has 4 aliphatic rings. The summed E-state index contributed by atoms with van der Waals surface area (Å²) in [6.07, 6.45) is -41.8. The Bertz CT molecular complexity index is 1240. The Balaban J connectivity index is 1.80. The highest BCUT2D eigenvalue weighted by Gasteiger charge is 2.57. The second-order valence-electron chi connectivity index (χ2n) is 14.4. The summed E-state index contributed by atoms with van der Waals surface area (Å²) in [5.41, 5.74) is 0. The maximum absolute atomic E-state index is 12.7. The highest BCUT2D eigenvalue weighted by atomic mass is 16.8. The van der Waals surface area contributed by atoms with Gasteiger partial charge in [0.15, 0.2) is 25.2 Å². The first-order valence-corrected chi connectivity index (χ1v) is 18.2. The van der Waals surface area contributed by atoms with Gasteiger partial charge in [0, 0.05) is 6.92 Å². The van der Waals surface area contributed by atoms with Gasteiger partial charge in [-0.2, -0.15) is 0 Å².